The molecule has 8 heteroatoms. The summed E-state index contributed by atoms with van der Waals surface area (Å²) >= 11 is 0. The largest absolute Gasteiger partial charge is 0.493 e. The number of benzene rings is 2. The zero-order valence-electron chi connectivity index (χ0n) is 18.6. The molecule has 2 aliphatic rings. The van der Waals surface area contributed by atoms with E-state index in [1.165, 1.54) is 0 Å². The highest BCUT2D eigenvalue weighted by atomic mass is 16.7. The third kappa shape index (κ3) is 4.17. The fourth-order valence-corrected chi connectivity index (χ4v) is 4.16. The average molecular weight is 440 g/mol. The smallest absolute Gasteiger partial charge is 0.245 e. The van der Waals surface area contributed by atoms with Crippen LogP contribution in [0.3, 0.4) is 0 Å². The molecule has 0 unspecified atom stereocenters. The van der Waals surface area contributed by atoms with Gasteiger partial charge in [-0.15, -0.1) is 0 Å². The van der Waals surface area contributed by atoms with Gasteiger partial charge in [-0.2, -0.15) is 0 Å². The van der Waals surface area contributed by atoms with E-state index in [-0.39, 0.29) is 18.6 Å². The number of likely N-dealkylation sites (tertiary alicyclic amines) is 1. The molecule has 2 heterocycles. The van der Waals surface area contributed by atoms with Gasteiger partial charge in [0.2, 0.25) is 18.6 Å². The van der Waals surface area contributed by atoms with Crippen molar-refractivity contribution in [3.8, 4) is 23.0 Å². The van der Waals surface area contributed by atoms with Crippen LogP contribution in [0.2, 0.25) is 0 Å². The molecular weight excluding hydrogens is 412 g/mol. The Kier molecular flexibility index (Phi) is 6.12. The maximum Gasteiger partial charge on any atom is 0.245 e. The molecule has 8 nitrogen and oxygen atoms in total. The first-order chi connectivity index (χ1) is 15.4. The summed E-state index contributed by atoms with van der Waals surface area (Å²) in [4.78, 5) is 27.4. The van der Waals surface area contributed by atoms with E-state index in [0.29, 0.717) is 55.4 Å². The normalized spacial score (nSPS) is 19.2. The number of ether oxygens (including phenoxy) is 4. The highest BCUT2D eigenvalue weighted by Gasteiger charge is 2.47. The molecule has 32 heavy (non-hydrogen) atoms. The minimum atomic E-state index is -0.898. The molecule has 2 amide bonds. The van der Waals surface area contributed by atoms with Gasteiger partial charge in [0.05, 0.1) is 14.2 Å². The Morgan fingerprint density at radius 1 is 1.06 bits per heavy atom. The van der Waals surface area contributed by atoms with E-state index in [1.54, 1.807) is 19.1 Å². The number of hydrogen-bond acceptors (Lipinski definition) is 6. The summed E-state index contributed by atoms with van der Waals surface area (Å²) in [7, 11) is 3.19. The van der Waals surface area contributed by atoms with Gasteiger partial charge in [-0.1, -0.05) is 12.1 Å². The molecule has 2 aliphatic heterocycles. The number of carbonyl (C=O) groups is 2. The van der Waals surface area contributed by atoms with Gasteiger partial charge in [0, 0.05) is 19.5 Å². The number of nitrogens with zero attached hydrogens (tertiary/aromatic N) is 1. The lowest BCUT2D eigenvalue weighted by Crippen LogP contribution is -2.54. The maximum absolute atomic E-state index is 13.1. The summed E-state index contributed by atoms with van der Waals surface area (Å²) in [5, 5.41) is 3.01. The Hall–Kier alpha value is -3.42. The Bertz CT molecular complexity index is 1020. The van der Waals surface area contributed by atoms with Gasteiger partial charge in [-0.3, -0.25) is 9.59 Å². The number of hydrogen-bond donors (Lipinski definition) is 1. The molecule has 0 aliphatic carbocycles. The number of fused-ring (bicyclic) bond motifs is 1. The minimum Gasteiger partial charge on any atom is -0.493 e. The molecule has 1 N–H and O–H groups in total. The maximum atomic E-state index is 13.1. The van der Waals surface area contributed by atoms with Gasteiger partial charge in [-0.05, 0) is 55.2 Å². The summed E-state index contributed by atoms with van der Waals surface area (Å²) in [5.74, 6) is 2.49. The van der Waals surface area contributed by atoms with Gasteiger partial charge in [0.15, 0.2) is 23.0 Å². The second kappa shape index (κ2) is 8.98. The van der Waals surface area contributed by atoms with Crippen LogP contribution in [-0.4, -0.2) is 49.8 Å². The number of carbonyl (C=O) groups excluding carboxylic acids is 2. The van der Waals surface area contributed by atoms with Crippen molar-refractivity contribution in [2.45, 2.75) is 38.3 Å². The molecule has 0 radical (unpaired) electrons. The van der Waals surface area contributed by atoms with Crippen molar-refractivity contribution in [2.75, 3.05) is 27.6 Å². The predicted octanol–water partition coefficient (Wildman–Crippen LogP) is 2.67. The monoisotopic (exact) mass is 440 g/mol. The fourth-order valence-electron chi connectivity index (χ4n) is 4.16. The summed E-state index contributed by atoms with van der Waals surface area (Å²) in [5.41, 5.74) is 1.02. The first-order valence-electron chi connectivity index (χ1n) is 10.6. The van der Waals surface area contributed by atoms with Gasteiger partial charge < -0.3 is 29.2 Å². The predicted molar refractivity (Wildman–Crippen MR) is 117 cm³/mol. The molecule has 2 aromatic rings. The number of nitrogens with one attached hydrogen (secondary N) is 1. The van der Waals surface area contributed by atoms with Crippen LogP contribution in [0, 0.1) is 0 Å². The van der Waals surface area contributed by atoms with E-state index >= 15 is 0 Å². The molecule has 0 saturated carbocycles. The van der Waals surface area contributed by atoms with Gasteiger partial charge in [0.25, 0.3) is 0 Å². The molecule has 1 atom stereocenters. The first kappa shape index (κ1) is 21.8. The first-order valence-corrected chi connectivity index (χ1v) is 10.6. The molecule has 2 aromatic carbocycles. The zero-order chi connectivity index (χ0) is 22.7. The third-order valence-electron chi connectivity index (χ3n) is 6.14. The van der Waals surface area contributed by atoms with Crippen molar-refractivity contribution in [1.29, 1.82) is 0 Å². The lowest BCUT2D eigenvalue weighted by Gasteiger charge is -2.34. The highest BCUT2D eigenvalue weighted by Crippen LogP contribution is 2.36. The van der Waals surface area contributed by atoms with Crippen LogP contribution in [0.4, 0.5) is 0 Å². The van der Waals surface area contributed by atoms with Crippen LogP contribution in [0.15, 0.2) is 36.4 Å². The molecule has 0 aromatic heterocycles. The molecule has 1 fully saturated rings. The van der Waals surface area contributed by atoms with Crippen LogP contribution in [0.5, 0.6) is 23.0 Å². The molecule has 4 rings (SSSR count). The molecule has 0 bridgehead atoms. The van der Waals surface area contributed by atoms with Crippen molar-refractivity contribution in [3.63, 3.8) is 0 Å². The third-order valence-corrected chi connectivity index (χ3v) is 6.14. The van der Waals surface area contributed by atoms with Crippen LogP contribution in [-0.2, 0) is 22.6 Å². The average Bonchev–Trinajstić information content (AvgIpc) is 3.39. The summed E-state index contributed by atoms with van der Waals surface area (Å²) in [6.07, 6.45) is 1.47. The van der Waals surface area contributed by atoms with Gasteiger partial charge >= 0.3 is 0 Å². The van der Waals surface area contributed by atoms with Crippen molar-refractivity contribution in [1.82, 2.24) is 10.2 Å². The lowest BCUT2D eigenvalue weighted by molar-refractivity contribution is -0.141. The Morgan fingerprint density at radius 3 is 2.59 bits per heavy atom. The SMILES string of the molecule is COc1ccc(CCNC(=O)[C@@]2(C)CCC(=O)N2Cc2ccc3c(c2)OCO3)cc1OC. The second-order valence-electron chi connectivity index (χ2n) is 8.14. The van der Waals surface area contributed by atoms with E-state index < -0.39 is 5.54 Å². The van der Waals surface area contributed by atoms with E-state index in [4.69, 9.17) is 18.9 Å². The van der Waals surface area contributed by atoms with Crippen LogP contribution in [0.1, 0.15) is 30.9 Å². The Balaban J connectivity index is 1.40. The second-order valence-corrected chi connectivity index (χ2v) is 8.14. The summed E-state index contributed by atoms with van der Waals surface area (Å²) in [6.45, 7) is 2.82. The van der Waals surface area contributed by atoms with Crippen LogP contribution >= 0.6 is 0 Å². The fraction of sp³-hybridized carbons (Fsp3) is 0.417. The van der Waals surface area contributed by atoms with Gasteiger partial charge in [0.1, 0.15) is 5.54 Å². The van der Waals surface area contributed by atoms with E-state index in [9.17, 15) is 9.59 Å². The number of amides is 2. The molecular formula is C24H28N2O6. The number of methoxy groups -OCH3 is 2. The van der Waals surface area contributed by atoms with Crippen molar-refractivity contribution < 1.29 is 28.5 Å². The lowest BCUT2D eigenvalue weighted by atomic mass is 9.97. The van der Waals surface area contributed by atoms with E-state index in [0.717, 1.165) is 11.1 Å². The van der Waals surface area contributed by atoms with Crippen LogP contribution < -0.4 is 24.3 Å². The van der Waals surface area contributed by atoms with Gasteiger partial charge in [-0.25, -0.2) is 0 Å². The summed E-state index contributed by atoms with van der Waals surface area (Å²) < 4.78 is 21.4. The quantitative estimate of drug-likeness (QED) is 0.679. The zero-order valence-corrected chi connectivity index (χ0v) is 18.6. The summed E-state index contributed by atoms with van der Waals surface area (Å²) in [6, 6.07) is 11.3. The Labute approximate surface area is 187 Å². The minimum absolute atomic E-state index is 0.0276. The highest BCUT2D eigenvalue weighted by molar-refractivity contribution is 5.94. The molecule has 1 saturated heterocycles. The van der Waals surface area contributed by atoms with E-state index in [1.807, 2.05) is 43.3 Å². The van der Waals surface area contributed by atoms with Crippen molar-refractivity contribution in [2.24, 2.45) is 0 Å². The standard InChI is InChI=1S/C24H28N2O6/c1-24(23(28)25-11-9-16-4-6-18(29-2)20(12-16)30-3)10-8-22(27)26(24)14-17-5-7-19-21(13-17)32-15-31-19/h4-7,12-13H,8-11,14-15H2,1-3H3,(H,25,28)/t24-/m1/s1. The molecule has 0 spiro atoms. The van der Waals surface area contributed by atoms with Crippen LogP contribution in [0.25, 0.3) is 0 Å². The van der Waals surface area contributed by atoms with Crippen molar-refractivity contribution >= 4 is 11.8 Å². The van der Waals surface area contributed by atoms with E-state index in [2.05, 4.69) is 5.32 Å². The molecule has 170 valence electrons. The number of rotatable bonds is 8. The van der Waals surface area contributed by atoms with Crippen molar-refractivity contribution in [3.05, 3.63) is 47.5 Å². The topological polar surface area (TPSA) is 86.3 Å². The Morgan fingerprint density at radius 2 is 1.81 bits per heavy atom.